The van der Waals surface area contributed by atoms with Crippen LogP contribution in [0.4, 0.5) is 0 Å². The van der Waals surface area contributed by atoms with Crippen LogP contribution >= 0.6 is 7.82 Å². The summed E-state index contributed by atoms with van der Waals surface area (Å²) in [6, 6.07) is 0. The summed E-state index contributed by atoms with van der Waals surface area (Å²) in [6.45, 7) is 4.07. The molecule has 11 nitrogen and oxygen atoms in total. The van der Waals surface area contributed by atoms with Crippen LogP contribution < -0.4 is 0 Å². The smallest absolute Gasteiger partial charge is 0.462 e. The number of rotatable bonds is 47. The summed E-state index contributed by atoms with van der Waals surface area (Å²) >= 11 is 0. The van der Waals surface area contributed by atoms with Crippen LogP contribution in [-0.4, -0.2) is 66.5 Å². The van der Waals surface area contributed by atoms with Crippen molar-refractivity contribution in [3.63, 3.8) is 0 Å². The quantitative estimate of drug-likeness (QED) is 0.0197. The SMILES string of the molecule is CC/C=C\C/C=C\C/C=C\C/C=C\CCCCCCCCC(=O)OCC(COP(=O)(O)OCC(CO)OC(=O)CC/C=C\C/C=C\C/C=C\C/C=C\CC)OC(=O)CC/C=C\C/C=C\C/C=C\C/C=C\CC. The van der Waals surface area contributed by atoms with Crippen molar-refractivity contribution in [3.8, 4) is 0 Å². The zero-order valence-electron chi connectivity index (χ0n) is 44.3. The van der Waals surface area contributed by atoms with Crippen molar-refractivity contribution < 1.29 is 52.2 Å². The minimum atomic E-state index is -4.79. The molecule has 404 valence electrons. The summed E-state index contributed by atoms with van der Waals surface area (Å²) in [5.74, 6) is -1.69. The number of phosphoric ester groups is 1. The Hall–Kier alpha value is -4.64. The lowest BCUT2D eigenvalue weighted by molar-refractivity contribution is -0.161. The van der Waals surface area contributed by atoms with Crippen LogP contribution in [-0.2, 0) is 42.2 Å². The molecule has 0 aromatic heterocycles. The van der Waals surface area contributed by atoms with Gasteiger partial charge in [0, 0.05) is 19.3 Å². The van der Waals surface area contributed by atoms with E-state index in [2.05, 4.69) is 130 Å². The molecule has 3 atom stereocenters. The third-order valence-electron chi connectivity index (χ3n) is 10.3. The van der Waals surface area contributed by atoms with Gasteiger partial charge in [-0.3, -0.25) is 23.4 Å². The van der Waals surface area contributed by atoms with Gasteiger partial charge in [-0.15, -0.1) is 0 Å². The van der Waals surface area contributed by atoms with E-state index in [1.165, 1.54) is 0 Å². The van der Waals surface area contributed by atoms with E-state index in [4.69, 9.17) is 23.3 Å². The molecule has 0 aliphatic heterocycles. The molecule has 0 fully saturated rings. The van der Waals surface area contributed by atoms with Gasteiger partial charge in [-0.05, 0) is 109 Å². The molecule has 3 unspecified atom stereocenters. The van der Waals surface area contributed by atoms with E-state index in [0.717, 1.165) is 109 Å². The third kappa shape index (κ3) is 50.3. The van der Waals surface area contributed by atoms with Gasteiger partial charge >= 0.3 is 25.7 Å². The molecule has 0 rings (SSSR count). The van der Waals surface area contributed by atoms with Crippen molar-refractivity contribution in [2.75, 3.05) is 26.4 Å². The van der Waals surface area contributed by atoms with E-state index in [1.807, 2.05) is 36.5 Å². The van der Waals surface area contributed by atoms with Crippen LogP contribution in [0, 0.1) is 0 Å². The predicted molar refractivity (Wildman–Crippen MR) is 297 cm³/mol. The van der Waals surface area contributed by atoms with Crippen molar-refractivity contribution >= 4 is 25.7 Å². The number of esters is 3. The highest BCUT2D eigenvalue weighted by Gasteiger charge is 2.28. The molecule has 0 amide bonds. The van der Waals surface area contributed by atoms with Crippen LogP contribution in [0.1, 0.15) is 175 Å². The molecule has 0 aliphatic carbocycles. The second kappa shape index (κ2) is 52.7. The second-order valence-electron chi connectivity index (χ2n) is 16.9. The van der Waals surface area contributed by atoms with Crippen LogP contribution in [0.5, 0.6) is 0 Å². The van der Waals surface area contributed by atoms with Gasteiger partial charge in [0.15, 0.2) is 6.10 Å². The Morgan fingerprint density at radius 2 is 0.708 bits per heavy atom. The average Bonchev–Trinajstić information content (AvgIpc) is 3.37. The van der Waals surface area contributed by atoms with Crippen molar-refractivity contribution in [2.45, 2.75) is 187 Å². The molecule has 0 spiro atoms. The minimum Gasteiger partial charge on any atom is -0.462 e. The fourth-order valence-corrected chi connectivity index (χ4v) is 7.10. The predicted octanol–water partition coefficient (Wildman–Crippen LogP) is 15.6. The van der Waals surface area contributed by atoms with Crippen LogP contribution in [0.15, 0.2) is 146 Å². The lowest BCUT2D eigenvalue weighted by Crippen LogP contribution is -2.30. The molecular weight excluding hydrogens is 928 g/mol. The molecule has 0 aromatic carbocycles. The Labute approximate surface area is 435 Å². The number of hydrogen-bond donors (Lipinski definition) is 2. The molecule has 0 radical (unpaired) electrons. The van der Waals surface area contributed by atoms with Gasteiger partial charge < -0.3 is 24.2 Å². The van der Waals surface area contributed by atoms with Gasteiger partial charge in [0.25, 0.3) is 0 Å². The van der Waals surface area contributed by atoms with Crippen LogP contribution in [0.3, 0.4) is 0 Å². The minimum absolute atomic E-state index is 0.0290. The van der Waals surface area contributed by atoms with Crippen LogP contribution in [0.25, 0.3) is 0 Å². The van der Waals surface area contributed by atoms with E-state index in [9.17, 15) is 28.9 Å². The number of unbranched alkanes of at least 4 members (excludes halogenated alkanes) is 6. The molecule has 2 N–H and O–H groups in total. The fourth-order valence-electron chi connectivity index (χ4n) is 6.31. The first-order chi connectivity index (χ1) is 35.2. The summed E-state index contributed by atoms with van der Waals surface area (Å²) in [6.07, 6.45) is 67.1. The Morgan fingerprint density at radius 3 is 1.10 bits per heavy atom. The molecule has 72 heavy (non-hydrogen) atoms. The highest BCUT2D eigenvalue weighted by atomic mass is 31.2. The molecule has 0 heterocycles. The third-order valence-corrected chi connectivity index (χ3v) is 11.2. The number of allylic oxidation sites excluding steroid dienone is 24. The van der Waals surface area contributed by atoms with Gasteiger partial charge in [-0.2, -0.15) is 0 Å². The number of carbonyl (C=O) groups is 3. The molecule has 0 saturated carbocycles. The number of aliphatic hydroxyl groups is 1. The second-order valence-corrected chi connectivity index (χ2v) is 18.3. The maximum absolute atomic E-state index is 12.9. The summed E-state index contributed by atoms with van der Waals surface area (Å²) in [4.78, 5) is 48.3. The number of phosphoric acid groups is 1. The summed E-state index contributed by atoms with van der Waals surface area (Å²) in [5, 5.41) is 9.77. The number of aliphatic hydroxyl groups excluding tert-OH is 1. The highest BCUT2D eigenvalue weighted by Crippen LogP contribution is 2.43. The number of carbonyl (C=O) groups excluding carboxylic acids is 3. The van der Waals surface area contributed by atoms with Crippen molar-refractivity contribution in [1.29, 1.82) is 0 Å². The maximum Gasteiger partial charge on any atom is 0.472 e. The summed E-state index contributed by atoms with van der Waals surface area (Å²) in [7, 11) is -4.79. The summed E-state index contributed by atoms with van der Waals surface area (Å²) < 4.78 is 39.2. The standard InChI is InChI=1S/C60H93O11P/c1-4-7-10-13-16-19-22-25-26-27-28-29-30-33-34-37-40-43-46-49-58(62)67-53-57(71-60(64)51-48-45-42-39-36-32-24-21-18-15-12-9-6-3)55-69-72(65,66)68-54-56(52-61)70-59(63)50-47-44-41-38-35-31-23-20-17-14-11-8-5-2/h7-12,16-21,25-26,28-29,31-32,35-36,41-42,44-45,56-57,61H,4-6,13-15,22-24,27,30,33-34,37-40,43,46-55H2,1-3H3,(H,65,66)/b10-7-,11-8-,12-9-,19-16-,20-17-,21-18-,26-25-,29-28-,35-31-,36-32-,44-41-,45-42-. The molecule has 0 saturated heterocycles. The highest BCUT2D eigenvalue weighted by molar-refractivity contribution is 7.47. The van der Waals surface area contributed by atoms with E-state index < -0.39 is 57.8 Å². The topological polar surface area (TPSA) is 155 Å². The average molecular weight is 1020 g/mol. The van der Waals surface area contributed by atoms with Crippen molar-refractivity contribution in [3.05, 3.63) is 146 Å². The lowest BCUT2D eigenvalue weighted by atomic mass is 10.1. The largest absolute Gasteiger partial charge is 0.472 e. The van der Waals surface area contributed by atoms with Gasteiger partial charge in [-0.25, -0.2) is 4.57 Å². The first kappa shape index (κ1) is 67.4. The van der Waals surface area contributed by atoms with Gasteiger partial charge in [0.05, 0.1) is 19.8 Å². The first-order valence-electron chi connectivity index (χ1n) is 26.7. The van der Waals surface area contributed by atoms with Gasteiger partial charge in [0.1, 0.15) is 12.7 Å². The fraction of sp³-hybridized carbons (Fsp3) is 0.550. The molecule has 12 heteroatoms. The zero-order chi connectivity index (χ0) is 52.7. The lowest BCUT2D eigenvalue weighted by Gasteiger charge is -2.21. The first-order valence-corrected chi connectivity index (χ1v) is 28.2. The monoisotopic (exact) mass is 1020 g/mol. The van der Waals surface area contributed by atoms with E-state index in [-0.39, 0.29) is 25.9 Å². The van der Waals surface area contributed by atoms with E-state index in [1.54, 1.807) is 0 Å². The molecule has 0 aliphatic rings. The Morgan fingerprint density at radius 1 is 0.389 bits per heavy atom. The molecular formula is C60H93O11P. The molecule has 0 bridgehead atoms. The van der Waals surface area contributed by atoms with Gasteiger partial charge in [-0.1, -0.05) is 192 Å². The van der Waals surface area contributed by atoms with E-state index >= 15 is 0 Å². The number of ether oxygens (including phenoxy) is 3. The van der Waals surface area contributed by atoms with E-state index in [0.29, 0.717) is 25.7 Å². The van der Waals surface area contributed by atoms with Gasteiger partial charge in [0.2, 0.25) is 0 Å². The van der Waals surface area contributed by atoms with Crippen LogP contribution in [0.2, 0.25) is 0 Å². The maximum atomic E-state index is 12.9. The molecule has 0 aromatic rings. The normalized spacial score (nSPS) is 14.6. The Balaban J connectivity index is 4.89. The Kier molecular flexibility index (Phi) is 49.3. The van der Waals surface area contributed by atoms with Crippen molar-refractivity contribution in [1.82, 2.24) is 0 Å². The number of hydrogen-bond acceptors (Lipinski definition) is 10. The summed E-state index contributed by atoms with van der Waals surface area (Å²) in [5.41, 5.74) is 0. The Bertz CT molecular complexity index is 1760. The van der Waals surface area contributed by atoms with Crippen molar-refractivity contribution in [2.24, 2.45) is 0 Å². The zero-order valence-corrected chi connectivity index (χ0v) is 45.2.